The Morgan fingerprint density at radius 3 is 2.43 bits per heavy atom. The van der Waals surface area contributed by atoms with Crippen LogP contribution >= 0.6 is 0 Å². The van der Waals surface area contributed by atoms with Crippen molar-refractivity contribution >= 4 is 23.7 Å². The molecule has 1 rings (SSSR count). The first kappa shape index (κ1) is 18.8. The monoisotopic (exact) mass is 330 g/mol. The summed E-state index contributed by atoms with van der Waals surface area (Å²) in [5.41, 5.74) is 10.5. The lowest BCUT2D eigenvalue weighted by Crippen LogP contribution is -2.57. The zero-order chi connectivity index (χ0) is 17.7. The molecule has 0 bridgehead atoms. The average Bonchev–Trinajstić information content (AvgIpc) is 2.93. The molecule has 1 fully saturated rings. The fourth-order valence-electron chi connectivity index (χ4n) is 2.38. The summed E-state index contributed by atoms with van der Waals surface area (Å²) in [6, 6.07) is -3.60. The fourth-order valence-corrected chi connectivity index (χ4v) is 2.38. The molecule has 1 aliphatic rings. The van der Waals surface area contributed by atoms with Gasteiger partial charge in [0.2, 0.25) is 17.7 Å². The minimum Gasteiger partial charge on any atom is -0.480 e. The van der Waals surface area contributed by atoms with E-state index in [1.54, 1.807) is 0 Å². The molecule has 23 heavy (non-hydrogen) atoms. The number of carboxylic acids is 1. The van der Waals surface area contributed by atoms with E-state index in [1.807, 2.05) is 0 Å². The number of hydrogen-bond donors (Lipinski definition) is 5. The second-order valence-corrected chi connectivity index (χ2v) is 5.53. The van der Waals surface area contributed by atoms with E-state index in [0.29, 0.717) is 12.8 Å². The fraction of sp³-hybridized carbons (Fsp3) is 0.692. The van der Waals surface area contributed by atoms with Gasteiger partial charge in [-0.15, -0.1) is 0 Å². The first-order valence-electron chi connectivity index (χ1n) is 7.20. The van der Waals surface area contributed by atoms with E-state index in [1.165, 1.54) is 6.92 Å². The molecule has 0 spiro atoms. The zero-order valence-electron chi connectivity index (χ0n) is 12.8. The van der Waals surface area contributed by atoms with Crippen LogP contribution in [0, 0.1) is 0 Å². The molecule has 10 heteroatoms. The summed E-state index contributed by atoms with van der Waals surface area (Å²) in [4.78, 5) is 47.7. The summed E-state index contributed by atoms with van der Waals surface area (Å²) < 4.78 is 0. The van der Waals surface area contributed by atoms with Crippen molar-refractivity contribution in [3.8, 4) is 0 Å². The van der Waals surface area contributed by atoms with Gasteiger partial charge in [0.05, 0.1) is 12.5 Å². The number of carbonyl (C=O) groups excluding carboxylic acids is 3. The van der Waals surface area contributed by atoms with E-state index in [9.17, 15) is 24.3 Å². The van der Waals surface area contributed by atoms with Crippen LogP contribution in [0.2, 0.25) is 0 Å². The highest BCUT2D eigenvalue weighted by atomic mass is 16.4. The summed E-state index contributed by atoms with van der Waals surface area (Å²) in [5.74, 6) is -3.52. The molecule has 0 aromatic carbocycles. The highest BCUT2D eigenvalue weighted by molar-refractivity contribution is 5.95. The maximum absolute atomic E-state index is 12.5. The average molecular weight is 330 g/mol. The normalized spacial score (nSPS) is 21.3. The molecule has 0 radical (unpaired) electrons. The van der Waals surface area contributed by atoms with Gasteiger partial charge in [-0.2, -0.15) is 0 Å². The number of hydrogen-bond acceptors (Lipinski definition) is 6. The van der Waals surface area contributed by atoms with Crippen molar-refractivity contribution < 1.29 is 29.4 Å². The smallest absolute Gasteiger partial charge is 0.326 e. The van der Waals surface area contributed by atoms with Gasteiger partial charge >= 0.3 is 5.97 Å². The van der Waals surface area contributed by atoms with Crippen molar-refractivity contribution in [2.75, 3.05) is 6.54 Å². The number of nitrogens with one attached hydrogen (secondary N) is 1. The number of amides is 3. The number of likely N-dealkylation sites (tertiary alicyclic amines) is 1. The van der Waals surface area contributed by atoms with Crippen LogP contribution in [0.5, 0.6) is 0 Å². The van der Waals surface area contributed by atoms with Crippen LogP contribution in [0.1, 0.15) is 26.2 Å². The Morgan fingerprint density at radius 2 is 1.96 bits per heavy atom. The Kier molecular flexibility index (Phi) is 6.46. The maximum atomic E-state index is 12.5. The minimum atomic E-state index is -1.32. The Bertz CT molecular complexity index is 495. The minimum absolute atomic E-state index is 0.212. The summed E-state index contributed by atoms with van der Waals surface area (Å²) in [6.45, 7) is 1.51. The molecule has 0 aliphatic carbocycles. The van der Waals surface area contributed by atoms with Crippen LogP contribution in [0.15, 0.2) is 0 Å². The largest absolute Gasteiger partial charge is 0.480 e. The molecule has 0 saturated carbocycles. The second kappa shape index (κ2) is 7.88. The van der Waals surface area contributed by atoms with E-state index < -0.39 is 54.3 Å². The molecule has 1 aliphatic heterocycles. The Hall–Kier alpha value is -2.20. The van der Waals surface area contributed by atoms with Crippen molar-refractivity contribution in [2.45, 2.75) is 50.4 Å². The van der Waals surface area contributed by atoms with Crippen LogP contribution in [0.3, 0.4) is 0 Å². The van der Waals surface area contributed by atoms with Gasteiger partial charge in [-0.25, -0.2) is 4.79 Å². The van der Waals surface area contributed by atoms with Crippen molar-refractivity contribution in [2.24, 2.45) is 11.5 Å². The van der Waals surface area contributed by atoms with Crippen LogP contribution in [-0.2, 0) is 19.2 Å². The topological polar surface area (TPSA) is 176 Å². The predicted octanol–water partition coefficient (Wildman–Crippen LogP) is -2.87. The van der Waals surface area contributed by atoms with Crippen molar-refractivity contribution in [1.29, 1.82) is 0 Å². The van der Waals surface area contributed by atoms with E-state index in [4.69, 9.17) is 16.6 Å². The van der Waals surface area contributed by atoms with Gasteiger partial charge in [0.15, 0.2) is 0 Å². The van der Waals surface area contributed by atoms with Crippen LogP contribution in [-0.4, -0.2) is 69.6 Å². The van der Waals surface area contributed by atoms with E-state index in [0.717, 1.165) is 4.90 Å². The number of aliphatic hydroxyl groups is 1. The Labute approximate surface area is 132 Å². The van der Waals surface area contributed by atoms with Crippen molar-refractivity contribution in [3.63, 3.8) is 0 Å². The number of carboxylic acid groups (broad SMARTS) is 1. The predicted molar refractivity (Wildman–Crippen MR) is 77.8 cm³/mol. The van der Waals surface area contributed by atoms with Gasteiger partial charge in [-0.05, 0) is 19.8 Å². The molecule has 0 unspecified atom stereocenters. The first-order chi connectivity index (χ1) is 10.6. The molecule has 130 valence electrons. The summed E-state index contributed by atoms with van der Waals surface area (Å²) >= 11 is 0. The molecule has 1 heterocycles. The Morgan fingerprint density at radius 1 is 1.35 bits per heavy atom. The lowest BCUT2D eigenvalue weighted by molar-refractivity contribution is -0.149. The van der Waals surface area contributed by atoms with Gasteiger partial charge < -0.3 is 31.9 Å². The van der Waals surface area contributed by atoms with Crippen LogP contribution in [0.25, 0.3) is 0 Å². The molecule has 4 atom stereocenters. The van der Waals surface area contributed by atoms with E-state index in [2.05, 4.69) is 5.32 Å². The third kappa shape index (κ3) is 4.89. The standard InChI is InChI=1S/C13H22N4O6/c1-6(18)10(15)11(20)16-7(5-9(14)19)12(21)17-4-2-3-8(17)13(22)23/h6-8,10,18H,2-5,15H2,1H3,(H2,14,19)(H,16,20)(H,22,23)/t6-,7+,8-,10+/m1/s1. The lowest BCUT2D eigenvalue weighted by atomic mass is 10.1. The molecule has 0 aromatic heterocycles. The van der Waals surface area contributed by atoms with E-state index in [-0.39, 0.29) is 6.54 Å². The number of aliphatic carboxylic acids is 1. The molecular weight excluding hydrogens is 308 g/mol. The van der Waals surface area contributed by atoms with E-state index >= 15 is 0 Å². The second-order valence-electron chi connectivity index (χ2n) is 5.53. The SMILES string of the molecule is C[C@@H](O)[C@H](N)C(=O)N[C@@H](CC(N)=O)C(=O)N1CCC[C@@H]1C(=O)O. The third-order valence-electron chi connectivity index (χ3n) is 3.66. The van der Waals surface area contributed by atoms with Crippen LogP contribution in [0.4, 0.5) is 0 Å². The highest BCUT2D eigenvalue weighted by Gasteiger charge is 2.38. The van der Waals surface area contributed by atoms with Gasteiger partial charge in [-0.3, -0.25) is 14.4 Å². The molecule has 1 saturated heterocycles. The summed E-state index contributed by atoms with van der Waals surface area (Å²) in [7, 11) is 0. The van der Waals surface area contributed by atoms with Crippen molar-refractivity contribution in [3.05, 3.63) is 0 Å². The van der Waals surface area contributed by atoms with Crippen molar-refractivity contribution in [1.82, 2.24) is 10.2 Å². The van der Waals surface area contributed by atoms with Gasteiger partial charge in [-0.1, -0.05) is 0 Å². The molecule has 10 nitrogen and oxygen atoms in total. The highest BCUT2D eigenvalue weighted by Crippen LogP contribution is 2.19. The molecule has 0 aromatic rings. The molecule has 7 N–H and O–H groups in total. The summed E-state index contributed by atoms with van der Waals surface area (Å²) in [6.07, 6.45) is -0.837. The number of aliphatic hydroxyl groups excluding tert-OH is 1. The molecular formula is C13H22N4O6. The van der Waals surface area contributed by atoms with Gasteiger partial charge in [0.1, 0.15) is 18.1 Å². The van der Waals surface area contributed by atoms with Crippen LogP contribution < -0.4 is 16.8 Å². The number of carbonyl (C=O) groups is 4. The maximum Gasteiger partial charge on any atom is 0.326 e. The number of nitrogens with two attached hydrogens (primary N) is 2. The van der Waals surface area contributed by atoms with Gasteiger partial charge in [0.25, 0.3) is 0 Å². The first-order valence-corrected chi connectivity index (χ1v) is 7.20. The number of rotatable bonds is 7. The third-order valence-corrected chi connectivity index (χ3v) is 3.66. The Balaban J connectivity index is 2.88. The molecule has 3 amide bonds. The number of primary amides is 1. The quantitative estimate of drug-likeness (QED) is 0.333. The number of nitrogens with zero attached hydrogens (tertiary/aromatic N) is 1. The lowest BCUT2D eigenvalue weighted by Gasteiger charge is -2.27. The zero-order valence-corrected chi connectivity index (χ0v) is 12.8. The summed E-state index contributed by atoms with van der Waals surface area (Å²) in [5, 5.41) is 20.7. The van der Waals surface area contributed by atoms with Gasteiger partial charge in [0, 0.05) is 6.54 Å².